The summed E-state index contributed by atoms with van der Waals surface area (Å²) in [5.74, 6) is -0.435. The third kappa shape index (κ3) is 6.04. The van der Waals surface area contributed by atoms with E-state index in [4.69, 9.17) is 4.74 Å². The summed E-state index contributed by atoms with van der Waals surface area (Å²) >= 11 is 0. The van der Waals surface area contributed by atoms with Crippen LogP contribution in [0, 0.1) is 0 Å². The number of hydrogen-bond acceptors (Lipinski definition) is 6. The average Bonchev–Trinajstić information content (AvgIpc) is 2.89. The number of rotatable bonds is 9. The van der Waals surface area contributed by atoms with Crippen LogP contribution >= 0.6 is 0 Å². The van der Waals surface area contributed by atoms with E-state index in [1.165, 1.54) is 20.5 Å². The zero-order chi connectivity index (χ0) is 25.5. The largest absolute Gasteiger partial charge is 0.494 e. The van der Waals surface area contributed by atoms with E-state index in [0.29, 0.717) is 18.7 Å². The van der Waals surface area contributed by atoms with Crippen LogP contribution in [-0.4, -0.2) is 63.5 Å². The Morgan fingerprint density at radius 3 is 2.25 bits per heavy atom. The molecule has 1 aliphatic heterocycles. The molecular weight excluding hydrogens is 460 g/mol. The van der Waals surface area contributed by atoms with Crippen molar-refractivity contribution in [3.8, 4) is 17.0 Å². The molecule has 0 N–H and O–H groups in total. The molecule has 0 radical (unpaired) electrons. The molecule has 4 rings (SSSR count). The van der Waals surface area contributed by atoms with Gasteiger partial charge in [0.1, 0.15) is 18.8 Å². The average molecular weight is 489 g/mol. The molecule has 1 fully saturated rings. The van der Waals surface area contributed by atoms with Crippen LogP contribution in [0.2, 0.25) is 0 Å². The highest BCUT2D eigenvalue weighted by Gasteiger charge is 2.33. The van der Waals surface area contributed by atoms with E-state index in [-0.39, 0.29) is 44.1 Å². The van der Waals surface area contributed by atoms with Crippen LogP contribution in [0.4, 0.5) is 0 Å². The highest BCUT2D eigenvalue weighted by Crippen LogP contribution is 2.20. The van der Waals surface area contributed by atoms with Crippen LogP contribution in [0.3, 0.4) is 0 Å². The number of imide groups is 1. The van der Waals surface area contributed by atoms with Gasteiger partial charge in [0.15, 0.2) is 0 Å². The summed E-state index contributed by atoms with van der Waals surface area (Å²) in [4.78, 5) is 52.7. The number of benzene rings is 2. The molecule has 0 spiro atoms. The summed E-state index contributed by atoms with van der Waals surface area (Å²) < 4.78 is 6.67. The maximum atomic E-state index is 12.8. The Morgan fingerprint density at radius 1 is 0.889 bits per heavy atom. The fourth-order valence-electron chi connectivity index (χ4n) is 4.01. The number of aryl methyl sites for hydroxylation is 1. The van der Waals surface area contributed by atoms with Crippen molar-refractivity contribution in [2.75, 3.05) is 26.2 Å². The molecule has 186 valence electrons. The van der Waals surface area contributed by atoms with E-state index in [9.17, 15) is 19.2 Å². The SMILES string of the molecule is CCOc1ccc(-c2ccc(=O)n(CCC(=O)N3CC(=O)N(CCc4ccccc4)C(=O)C3)n2)cc1. The topological polar surface area (TPSA) is 102 Å². The van der Waals surface area contributed by atoms with Gasteiger partial charge in [-0.15, -0.1) is 0 Å². The molecule has 1 aliphatic rings. The Labute approximate surface area is 208 Å². The van der Waals surface area contributed by atoms with Gasteiger partial charge < -0.3 is 9.64 Å². The predicted octanol–water partition coefficient (Wildman–Crippen LogP) is 2.14. The van der Waals surface area contributed by atoms with Gasteiger partial charge in [-0.2, -0.15) is 5.10 Å². The minimum absolute atomic E-state index is 0.0408. The standard InChI is InChI=1S/C27H28N4O5/c1-2-36-22-10-8-21(9-11-22)23-12-13-25(33)31(28-23)17-15-24(32)29-18-26(34)30(27(35)19-29)16-14-20-6-4-3-5-7-20/h3-13H,2,14-19H2,1H3. The zero-order valence-corrected chi connectivity index (χ0v) is 20.1. The van der Waals surface area contributed by atoms with Gasteiger partial charge in [-0.25, -0.2) is 4.68 Å². The Balaban J connectivity index is 1.34. The first-order valence-electron chi connectivity index (χ1n) is 11.9. The fraction of sp³-hybridized carbons (Fsp3) is 0.296. The first kappa shape index (κ1) is 24.8. The van der Waals surface area contributed by atoms with E-state index in [0.717, 1.165) is 16.9 Å². The van der Waals surface area contributed by atoms with Crippen LogP contribution < -0.4 is 10.3 Å². The summed E-state index contributed by atoms with van der Waals surface area (Å²) in [6, 6.07) is 20.0. The molecule has 0 atom stereocenters. The second-order valence-electron chi connectivity index (χ2n) is 8.41. The van der Waals surface area contributed by atoms with Crippen LogP contribution in [0.25, 0.3) is 11.3 Å². The monoisotopic (exact) mass is 488 g/mol. The normalized spacial score (nSPS) is 13.7. The summed E-state index contributed by atoms with van der Waals surface area (Å²) in [5.41, 5.74) is 2.08. The maximum absolute atomic E-state index is 12.8. The molecule has 1 aromatic heterocycles. The van der Waals surface area contributed by atoms with Crippen molar-refractivity contribution in [2.45, 2.75) is 26.3 Å². The smallest absolute Gasteiger partial charge is 0.266 e. The first-order chi connectivity index (χ1) is 17.4. The maximum Gasteiger partial charge on any atom is 0.266 e. The van der Waals surface area contributed by atoms with Gasteiger partial charge in [0.05, 0.1) is 18.8 Å². The quantitative estimate of drug-likeness (QED) is 0.428. The van der Waals surface area contributed by atoms with E-state index in [2.05, 4.69) is 5.10 Å². The van der Waals surface area contributed by atoms with Crippen molar-refractivity contribution in [3.63, 3.8) is 0 Å². The molecule has 2 aromatic carbocycles. The Bertz CT molecular complexity index is 1270. The Kier molecular flexibility index (Phi) is 7.89. The molecule has 0 saturated carbocycles. The fourth-order valence-corrected chi connectivity index (χ4v) is 4.01. The number of nitrogens with zero attached hydrogens (tertiary/aromatic N) is 4. The number of hydrogen-bond donors (Lipinski definition) is 0. The van der Waals surface area contributed by atoms with Gasteiger partial charge in [-0.1, -0.05) is 30.3 Å². The molecule has 0 bridgehead atoms. The van der Waals surface area contributed by atoms with E-state index >= 15 is 0 Å². The number of aromatic nitrogens is 2. The highest BCUT2D eigenvalue weighted by molar-refractivity contribution is 6.02. The van der Waals surface area contributed by atoms with E-state index in [1.807, 2.05) is 61.5 Å². The lowest BCUT2D eigenvalue weighted by molar-refractivity contribution is -0.156. The molecule has 1 saturated heterocycles. The van der Waals surface area contributed by atoms with Crippen molar-refractivity contribution >= 4 is 17.7 Å². The second-order valence-corrected chi connectivity index (χ2v) is 8.41. The van der Waals surface area contributed by atoms with Gasteiger partial charge in [0.2, 0.25) is 17.7 Å². The molecule has 0 aliphatic carbocycles. The second kappa shape index (κ2) is 11.4. The summed E-state index contributed by atoms with van der Waals surface area (Å²) in [6.07, 6.45) is 0.510. The zero-order valence-electron chi connectivity index (χ0n) is 20.1. The van der Waals surface area contributed by atoms with Gasteiger partial charge in [0.25, 0.3) is 5.56 Å². The van der Waals surface area contributed by atoms with Gasteiger partial charge in [-0.05, 0) is 49.2 Å². The van der Waals surface area contributed by atoms with Crippen molar-refractivity contribution in [1.29, 1.82) is 0 Å². The molecule has 2 heterocycles. The van der Waals surface area contributed by atoms with E-state index < -0.39 is 11.8 Å². The third-order valence-electron chi connectivity index (χ3n) is 5.94. The first-order valence-corrected chi connectivity index (χ1v) is 11.9. The third-order valence-corrected chi connectivity index (χ3v) is 5.94. The van der Waals surface area contributed by atoms with Crippen LogP contribution in [-0.2, 0) is 27.3 Å². The lowest BCUT2D eigenvalue weighted by atomic mass is 10.1. The van der Waals surface area contributed by atoms with Gasteiger partial charge >= 0.3 is 0 Å². The van der Waals surface area contributed by atoms with Crippen LogP contribution in [0.5, 0.6) is 5.75 Å². The van der Waals surface area contributed by atoms with Crippen molar-refractivity contribution in [1.82, 2.24) is 19.6 Å². The molecule has 36 heavy (non-hydrogen) atoms. The predicted molar refractivity (Wildman–Crippen MR) is 133 cm³/mol. The van der Waals surface area contributed by atoms with Crippen molar-refractivity contribution < 1.29 is 19.1 Å². The summed E-state index contributed by atoms with van der Waals surface area (Å²) in [6.45, 7) is 2.48. The number of piperazine rings is 1. The molecule has 3 amide bonds. The lowest BCUT2D eigenvalue weighted by Crippen LogP contribution is -2.56. The Hall–Kier alpha value is -4.27. The minimum Gasteiger partial charge on any atom is -0.494 e. The van der Waals surface area contributed by atoms with E-state index in [1.54, 1.807) is 6.07 Å². The Morgan fingerprint density at radius 2 is 1.58 bits per heavy atom. The molecule has 3 aromatic rings. The number of ether oxygens (including phenoxy) is 1. The van der Waals surface area contributed by atoms with Gasteiger partial charge in [-0.3, -0.25) is 24.1 Å². The summed E-state index contributed by atoms with van der Waals surface area (Å²) in [5, 5.41) is 4.38. The molecule has 9 heteroatoms. The lowest BCUT2D eigenvalue weighted by Gasteiger charge is -2.32. The van der Waals surface area contributed by atoms with Crippen LogP contribution in [0.1, 0.15) is 18.9 Å². The highest BCUT2D eigenvalue weighted by atomic mass is 16.5. The molecular formula is C27H28N4O5. The molecule has 0 unspecified atom stereocenters. The number of carbonyl (C=O) groups excluding carboxylic acids is 3. The minimum atomic E-state index is -0.400. The van der Waals surface area contributed by atoms with Gasteiger partial charge in [0, 0.05) is 24.6 Å². The number of amides is 3. The molecule has 9 nitrogen and oxygen atoms in total. The van der Waals surface area contributed by atoms with Crippen molar-refractivity contribution in [2.24, 2.45) is 0 Å². The number of carbonyl (C=O) groups is 3. The van der Waals surface area contributed by atoms with Crippen LogP contribution in [0.15, 0.2) is 71.5 Å². The van der Waals surface area contributed by atoms with Crippen molar-refractivity contribution in [3.05, 3.63) is 82.6 Å². The summed E-state index contributed by atoms with van der Waals surface area (Å²) in [7, 11) is 0.